The molecule has 4 atom stereocenters. The summed E-state index contributed by atoms with van der Waals surface area (Å²) >= 11 is 0. The molecule has 2 amide bonds. The van der Waals surface area contributed by atoms with Crippen molar-refractivity contribution in [1.82, 2.24) is 4.57 Å². The third kappa shape index (κ3) is 7.00. The van der Waals surface area contributed by atoms with E-state index in [1.54, 1.807) is 0 Å². The number of hydrogen-bond donors (Lipinski definition) is 2. The van der Waals surface area contributed by atoms with Gasteiger partial charge in [0, 0.05) is 74.2 Å². The van der Waals surface area contributed by atoms with Crippen LogP contribution < -0.4 is 20.4 Å². The standard InChI is InChI=1S/C42H57N5O2/c1-26-16-34(45(5)6)17-27(2)41(26)44-42(49)38-23-31-20-32(38)22-37(31)33-21-36-25-47(15-14-46(36)24-33)35-18-28(3)40(29(4)19-35)43-39(48)13-12-30-10-8-7-9-11-30/h16-19,21,24,30-32,37-38H,7-15,20,22-23,25H2,1-6H3,(H,43,48)(H,44,49). The molecule has 0 saturated heterocycles. The molecule has 7 rings (SSSR count). The Morgan fingerprint density at radius 2 is 1.47 bits per heavy atom. The second kappa shape index (κ2) is 13.9. The highest BCUT2D eigenvalue weighted by molar-refractivity contribution is 5.95. The molecule has 49 heavy (non-hydrogen) atoms. The monoisotopic (exact) mass is 663 g/mol. The lowest BCUT2D eigenvalue weighted by molar-refractivity contribution is -0.121. The van der Waals surface area contributed by atoms with Gasteiger partial charge in [-0.15, -0.1) is 0 Å². The first-order valence-corrected chi connectivity index (χ1v) is 19.0. The summed E-state index contributed by atoms with van der Waals surface area (Å²) in [5, 5.41) is 6.59. The van der Waals surface area contributed by atoms with E-state index in [0.717, 1.165) is 90.6 Å². The van der Waals surface area contributed by atoms with Gasteiger partial charge in [0.1, 0.15) is 0 Å². The minimum absolute atomic E-state index is 0.109. The molecule has 2 aromatic carbocycles. The van der Waals surface area contributed by atoms with Gasteiger partial charge < -0.3 is 25.0 Å². The lowest BCUT2D eigenvalue weighted by Gasteiger charge is -2.31. The average Bonchev–Trinajstić information content (AvgIpc) is 3.81. The van der Waals surface area contributed by atoms with Gasteiger partial charge in [-0.1, -0.05) is 32.1 Å². The van der Waals surface area contributed by atoms with Crippen LogP contribution in [0.25, 0.3) is 0 Å². The van der Waals surface area contributed by atoms with Crippen LogP contribution in [0, 0.1) is 51.4 Å². The van der Waals surface area contributed by atoms with Gasteiger partial charge in [-0.2, -0.15) is 0 Å². The number of aromatic nitrogens is 1. The van der Waals surface area contributed by atoms with Crippen molar-refractivity contribution in [2.45, 2.75) is 111 Å². The Balaban J connectivity index is 0.955. The molecule has 7 heteroatoms. The number of hydrogen-bond acceptors (Lipinski definition) is 4. The van der Waals surface area contributed by atoms with Gasteiger partial charge >= 0.3 is 0 Å². The van der Waals surface area contributed by atoms with Gasteiger partial charge in [-0.3, -0.25) is 9.59 Å². The number of carbonyl (C=O) groups excluding carboxylic acids is 2. The van der Waals surface area contributed by atoms with Crippen molar-refractivity contribution in [1.29, 1.82) is 0 Å². The van der Waals surface area contributed by atoms with Crippen molar-refractivity contribution < 1.29 is 9.59 Å². The summed E-state index contributed by atoms with van der Waals surface area (Å²) in [6.07, 6.45) is 13.9. The fourth-order valence-corrected chi connectivity index (χ4v) is 9.80. The van der Waals surface area contributed by atoms with E-state index in [2.05, 4.69) is 103 Å². The molecule has 1 aliphatic heterocycles. The smallest absolute Gasteiger partial charge is 0.227 e. The summed E-state index contributed by atoms with van der Waals surface area (Å²) in [6.45, 7) is 11.3. The Morgan fingerprint density at radius 3 is 2.12 bits per heavy atom. The van der Waals surface area contributed by atoms with E-state index in [1.165, 1.54) is 49.0 Å². The van der Waals surface area contributed by atoms with Gasteiger partial charge in [0.05, 0.1) is 6.54 Å². The SMILES string of the molecule is Cc1cc(N2CCn3cc(C4CC5CC4CC5C(=O)Nc4c(C)cc(N(C)C)cc4C)cc3C2)cc(C)c1NC(=O)CCC1CCCCC1. The minimum Gasteiger partial charge on any atom is -0.378 e. The van der Waals surface area contributed by atoms with Crippen LogP contribution in [0.1, 0.15) is 104 Å². The van der Waals surface area contributed by atoms with Gasteiger partial charge in [-0.05, 0) is 135 Å². The Labute approximate surface area is 293 Å². The predicted molar refractivity (Wildman–Crippen MR) is 202 cm³/mol. The number of nitrogens with one attached hydrogen (secondary N) is 2. The summed E-state index contributed by atoms with van der Waals surface area (Å²) in [5.41, 5.74) is 11.7. The highest BCUT2D eigenvalue weighted by Crippen LogP contribution is 2.56. The maximum atomic E-state index is 13.6. The molecule has 4 unspecified atom stereocenters. The number of rotatable bonds is 9. The maximum absolute atomic E-state index is 13.6. The van der Waals surface area contributed by atoms with Gasteiger partial charge in [0.25, 0.3) is 0 Å². The summed E-state index contributed by atoms with van der Waals surface area (Å²) < 4.78 is 2.46. The molecule has 4 aliphatic rings. The van der Waals surface area contributed by atoms with Crippen LogP contribution >= 0.6 is 0 Å². The van der Waals surface area contributed by atoms with E-state index in [9.17, 15) is 9.59 Å². The molecule has 7 nitrogen and oxygen atoms in total. The molecule has 3 aliphatic carbocycles. The molecule has 2 bridgehead atoms. The van der Waals surface area contributed by atoms with Crippen molar-refractivity contribution in [2.24, 2.45) is 23.7 Å². The first kappa shape index (κ1) is 33.7. The fourth-order valence-electron chi connectivity index (χ4n) is 9.80. The zero-order valence-electron chi connectivity index (χ0n) is 30.7. The van der Waals surface area contributed by atoms with Crippen molar-refractivity contribution in [3.8, 4) is 0 Å². The van der Waals surface area contributed by atoms with Gasteiger partial charge in [0.15, 0.2) is 0 Å². The van der Waals surface area contributed by atoms with Crippen molar-refractivity contribution in [2.75, 3.05) is 41.1 Å². The van der Waals surface area contributed by atoms with E-state index < -0.39 is 0 Å². The van der Waals surface area contributed by atoms with E-state index in [4.69, 9.17) is 0 Å². The number of amides is 2. The lowest BCUT2D eigenvalue weighted by Crippen LogP contribution is -2.33. The number of fused-ring (bicyclic) bond motifs is 3. The molecule has 2 N–H and O–H groups in total. The van der Waals surface area contributed by atoms with Crippen LogP contribution in [-0.4, -0.2) is 37.0 Å². The number of anilines is 4. The first-order chi connectivity index (χ1) is 23.5. The molecule has 0 radical (unpaired) electrons. The lowest BCUT2D eigenvalue weighted by atomic mass is 9.79. The van der Waals surface area contributed by atoms with Crippen molar-refractivity contribution >= 4 is 34.6 Å². The summed E-state index contributed by atoms with van der Waals surface area (Å²) in [7, 11) is 4.11. The van der Waals surface area contributed by atoms with Crippen LogP contribution in [0.3, 0.4) is 0 Å². The minimum atomic E-state index is 0.109. The van der Waals surface area contributed by atoms with Crippen LogP contribution in [0.2, 0.25) is 0 Å². The average molecular weight is 664 g/mol. The molecule has 3 fully saturated rings. The molecular formula is C42H57N5O2. The molecule has 3 saturated carbocycles. The topological polar surface area (TPSA) is 69.6 Å². The zero-order chi connectivity index (χ0) is 34.4. The highest BCUT2D eigenvalue weighted by Gasteiger charge is 2.49. The van der Waals surface area contributed by atoms with Crippen LogP contribution in [0.4, 0.5) is 22.7 Å². The number of carbonyl (C=O) groups is 2. The quantitative estimate of drug-likeness (QED) is 0.240. The molecule has 0 spiro atoms. The first-order valence-electron chi connectivity index (χ1n) is 19.0. The third-order valence-electron chi connectivity index (χ3n) is 12.5. The number of nitrogens with zero attached hydrogens (tertiary/aromatic N) is 3. The van der Waals surface area contributed by atoms with Crippen LogP contribution in [0.5, 0.6) is 0 Å². The van der Waals surface area contributed by atoms with Crippen molar-refractivity contribution in [3.05, 3.63) is 70.0 Å². The molecular weight excluding hydrogens is 606 g/mol. The summed E-state index contributed by atoms with van der Waals surface area (Å²) in [4.78, 5) is 31.0. The zero-order valence-corrected chi connectivity index (χ0v) is 30.7. The largest absolute Gasteiger partial charge is 0.378 e. The second-order valence-electron chi connectivity index (χ2n) is 16.2. The normalized spacial score (nSPS) is 23.4. The van der Waals surface area contributed by atoms with Crippen LogP contribution in [0.15, 0.2) is 36.5 Å². The molecule has 3 aromatic rings. The Hall–Kier alpha value is -3.74. The van der Waals surface area contributed by atoms with E-state index >= 15 is 0 Å². The third-order valence-corrected chi connectivity index (χ3v) is 12.5. The predicted octanol–water partition coefficient (Wildman–Crippen LogP) is 8.88. The number of aryl methyl sites for hydroxylation is 4. The molecule has 2 heterocycles. The second-order valence-corrected chi connectivity index (χ2v) is 16.2. The highest BCUT2D eigenvalue weighted by atomic mass is 16.2. The Kier molecular flexibility index (Phi) is 9.56. The summed E-state index contributed by atoms with van der Waals surface area (Å²) in [5.74, 6) is 2.78. The Morgan fingerprint density at radius 1 is 0.796 bits per heavy atom. The van der Waals surface area contributed by atoms with Crippen LogP contribution in [-0.2, 0) is 22.7 Å². The van der Waals surface area contributed by atoms with E-state index in [-0.39, 0.29) is 17.7 Å². The molecule has 262 valence electrons. The van der Waals surface area contributed by atoms with E-state index in [1.807, 2.05) is 0 Å². The number of benzene rings is 2. The molecule has 1 aromatic heterocycles. The van der Waals surface area contributed by atoms with Crippen molar-refractivity contribution in [3.63, 3.8) is 0 Å². The maximum Gasteiger partial charge on any atom is 0.227 e. The Bertz CT molecular complexity index is 1670. The van der Waals surface area contributed by atoms with Gasteiger partial charge in [0.2, 0.25) is 11.8 Å². The van der Waals surface area contributed by atoms with E-state index in [0.29, 0.717) is 24.2 Å². The summed E-state index contributed by atoms with van der Waals surface area (Å²) in [6, 6.07) is 11.3. The fraction of sp³-hybridized carbons (Fsp3) is 0.571. The van der Waals surface area contributed by atoms with Gasteiger partial charge in [-0.25, -0.2) is 0 Å².